The molecule has 1 aromatic heterocycles. The molecule has 0 aliphatic rings. The number of azo groups is 1. The highest BCUT2D eigenvalue weighted by atomic mass is 16.5. The molecule has 1 heterocycles. The normalized spacial score (nSPS) is 11.0. The number of para-hydroxylation sites is 1. The molecule has 0 amide bonds. The van der Waals surface area contributed by atoms with Crippen LogP contribution in [-0.4, -0.2) is 28.9 Å². The zero-order chi connectivity index (χ0) is 32.1. The number of carbonyl (C=O) groups is 1. The van der Waals surface area contributed by atoms with E-state index in [9.17, 15) is 10.1 Å². The molecule has 8 heteroatoms. The Labute approximate surface area is 264 Å². The molecule has 4 aromatic carbocycles. The second kappa shape index (κ2) is 13.4. The number of nitrogens with zero attached hydrogens (tertiary/aromatic N) is 6. The summed E-state index contributed by atoms with van der Waals surface area (Å²) in [6.45, 7) is 12.9. The first-order valence-electron chi connectivity index (χ1n) is 15.0. The fourth-order valence-corrected chi connectivity index (χ4v) is 5.56. The molecule has 0 bridgehead atoms. The van der Waals surface area contributed by atoms with Gasteiger partial charge >= 0.3 is 5.97 Å². The van der Waals surface area contributed by atoms with E-state index in [2.05, 4.69) is 53.2 Å². The van der Waals surface area contributed by atoms with Crippen LogP contribution in [0.2, 0.25) is 0 Å². The average molecular weight is 597 g/mol. The lowest BCUT2D eigenvalue weighted by molar-refractivity contribution is 0.0526. The van der Waals surface area contributed by atoms with Gasteiger partial charge < -0.3 is 9.64 Å². The minimum atomic E-state index is -0.388. The van der Waals surface area contributed by atoms with Crippen LogP contribution in [0.4, 0.5) is 22.9 Å². The van der Waals surface area contributed by atoms with Gasteiger partial charge in [0.1, 0.15) is 17.3 Å². The first-order valence-corrected chi connectivity index (χ1v) is 15.0. The largest absolute Gasteiger partial charge is 0.462 e. The number of carbonyl (C=O) groups excluding carboxylic acids is 1. The van der Waals surface area contributed by atoms with Gasteiger partial charge in [-0.05, 0) is 100 Å². The van der Waals surface area contributed by atoms with E-state index in [1.54, 1.807) is 23.7 Å². The highest BCUT2D eigenvalue weighted by molar-refractivity contribution is 5.90. The van der Waals surface area contributed by atoms with Crippen molar-refractivity contribution in [2.75, 3.05) is 18.1 Å². The number of hydrogen-bond acceptors (Lipinski definition) is 7. The number of anilines is 2. The average Bonchev–Trinajstić information content (AvgIpc) is 3.40. The van der Waals surface area contributed by atoms with Gasteiger partial charge in [0, 0.05) is 23.5 Å². The molecule has 5 aromatic rings. The molecule has 226 valence electrons. The monoisotopic (exact) mass is 596 g/mol. The number of ether oxygens (including phenoxy) is 1. The molecular formula is C37H36N6O2. The maximum atomic E-state index is 12.5. The third-order valence-electron chi connectivity index (χ3n) is 7.70. The van der Waals surface area contributed by atoms with Gasteiger partial charge in [0.05, 0.1) is 23.5 Å². The van der Waals surface area contributed by atoms with Gasteiger partial charge in [0.15, 0.2) is 5.82 Å². The molecule has 0 saturated heterocycles. The summed E-state index contributed by atoms with van der Waals surface area (Å²) >= 11 is 0. The van der Waals surface area contributed by atoms with Crippen LogP contribution in [0.5, 0.6) is 0 Å². The van der Waals surface area contributed by atoms with Gasteiger partial charge in [-0.1, -0.05) is 48.5 Å². The molecule has 0 unspecified atom stereocenters. The van der Waals surface area contributed by atoms with E-state index in [-0.39, 0.29) is 12.6 Å². The Morgan fingerprint density at radius 2 is 1.56 bits per heavy atom. The van der Waals surface area contributed by atoms with Crippen molar-refractivity contribution in [2.45, 2.75) is 41.5 Å². The number of esters is 1. The quantitative estimate of drug-likeness (QED) is 0.125. The lowest BCUT2D eigenvalue weighted by Crippen LogP contribution is -2.17. The summed E-state index contributed by atoms with van der Waals surface area (Å²) in [5, 5.41) is 24.6. The Bertz CT molecular complexity index is 1910. The van der Waals surface area contributed by atoms with Gasteiger partial charge in [0.2, 0.25) is 0 Å². The molecule has 45 heavy (non-hydrogen) atoms. The first-order chi connectivity index (χ1) is 21.8. The van der Waals surface area contributed by atoms with Gasteiger partial charge in [-0.2, -0.15) is 10.4 Å². The summed E-state index contributed by atoms with van der Waals surface area (Å²) in [7, 11) is 0. The highest BCUT2D eigenvalue weighted by Gasteiger charge is 2.23. The van der Waals surface area contributed by atoms with Crippen molar-refractivity contribution >= 4 is 28.8 Å². The van der Waals surface area contributed by atoms with E-state index < -0.39 is 0 Å². The summed E-state index contributed by atoms with van der Waals surface area (Å²) < 4.78 is 6.88. The molecule has 0 saturated carbocycles. The topological polar surface area (TPSA) is 95.9 Å². The summed E-state index contributed by atoms with van der Waals surface area (Å²) in [5.41, 5.74) is 9.41. The number of aryl methyl sites for hydroxylation is 4. The highest BCUT2D eigenvalue weighted by Crippen LogP contribution is 2.37. The molecule has 0 atom stereocenters. The van der Waals surface area contributed by atoms with Crippen LogP contribution in [-0.2, 0) is 4.74 Å². The molecule has 0 aliphatic heterocycles. The SMILES string of the molecule is CCOC(=O)c1cc(C)c(-n2nc(-c3ccccc3)c(C#N)c2N=Nc2ccc(N(CC)c3ccccc3C)cc2C)c(C)c1. The fraction of sp³-hybridized carbons (Fsp3) is 0.216. The Balaban J connectivity index is 1.61. The Morgan fingerprint density at radius 1 is 0.867 bits per heavy atom. The van der Waals surface area contributed by atoms with Gasteiger partial charge in [-0.3, -0.25) is 0 Å². The summed E-state index contributed by atoms with van der Waals surface area (Å²) in [6, 6.07) is 29.8. The molecule has 0 fully saturated rings. The minimum Gasteiger partial charge on any atom is -0.462 e. The van der Waals surface area contributed by atoms with Crippen molar-refractivity contribution < 1.29 is 9.53 Å². The van der Waals surface area contributed by atoms with E-state index in [4.69, 9.17) is 9.84 Å². The van der Waals surface area contributed by atoms with Crippen LogP contribution in [0.3, 0.4) is 0 Å². The van der Waals surface area contributed by atoms with Crippen molar-refractivity contribution in [1.29, 1.82) is 5.26 Å². The molecule has 8 nitrogen and oxygen atoms in total. The maximum Gasteiger partial charge on any atom is 0.338 e. The van der Waals surface area contributed by atoms with Gasteiger partial charge in [0.25, 0.3) is 0 Å². The number of aromatic nitrogens is 2. The molecule has 0 spiro atoms. The van der Waals surface area contributed by atoms with E-state index in [1.807, 2.05) is 75.4 Å². The second-order valence-electron chi connectivity index (χ2n) is 10.8. The third kappa shape index (κ3) is 6.24. The number of benzene rings is 4. The zero-order valence-corrected chi connectivity index (χ0v) is 26.5. The Hall–Kier alpha value is -5.55. The molecule has 0 N–H and O–H groups in total. The number of rotatable bonds is 9. The third-order valence-corrected chi connectivity index (χ3v) is 7.70. The maximum absolute atomic E-state index is 12.5. The fourth-order valence-electron chi connectivity index (χ4n) is 5.56. The summed E-state index contributed by atoms with van der Waals surface area (Å²) in [5.74, 6) is -0.0775. The predicted octanol–water partition coefficient (Wildman–Crippen LogP) is 9.39. The Kier molecular flexibility index (Phi) is 9.20. The van der Waals surface area contributed by atoms with E-state index in [0.717, 1.165) is 45.9 Å². The van der Waals surface area contributed by atoms with Crippen molar-refractivity contribution in [2.24, 2.45) is 10.2 Å². The molecule has 0 aliphatic carbocycles. The van der Waals surface area contributed by atoms with Crippen LogP contribution in [0.15, 0.2) is 95.2 Å². The van der Waals surface area contributed by atoms with Crippen molar-refractivity contribution in [3.05, 3.63) is 118 Å². The molecule has 5 rings (SSSR count). The van der Waals surface area contributed by atoms with Crippen molar-refractivity contribution in [1.82, 2.24) is 9.78 Å². The minimum absolute atomic E-state index is 0.289. The lowest BCUT2D eigenvalue weighted by atomic mass is 10.0. The first kappa shape index (κ1) is 30.9. The lowest BCUT2D eigenvalue weighted by Gasteiger charge is -2.25. The van der Waals surface area contributed by atoms with Crippen molar-refractivity contribution in [3.63, 3.8) is 0 Å². The van der Waals surface area contributed by atoms with Crippen LogP contribution >= 0.6 is 0 Å². The standard InChI is InChI=1S/C37H36N6O2/c1-7-42(33-17-13-12-14-24(33)3)30-18-19-32(25(4)22-30)39-40-36-31(23-38)34(28-15-10-9-11-16-28)41-43(36)35-26(5)20-29(21-27(35)6)37(44)45-8-2/h9-22H,7-8H2,1-6H3. The molecule has 0 radical (unpaired) electrons. The zero-order valence-electron chi connectivity index (χ0n) is 26.5. The second-order valence-corrected chi connectivity index (χ2v) is 10.8. The van der Waals surface area contributed by atoms with Gasteiger partial charge in [-0.25, -0.2) is 9.48 Å². The summed E-state index contributed by atoms with van der Waals surface area (Å²) in [4.78, 5) is 14.8. The molecular weight excluding hydrogens is 560 g/mol. The van der Waals surface area contributed by atoms with Crippen LogP contribution in [0, 0.1) is 39.0 Å². The predicted molar refractivity (Wildman–Crippen MR) is 178 cm³/mol. The summed E-state index contributed by atoms with van der Waals surface area (Å²) in [6.07, 6.45) is 0. The van der Waals surface area contributed by atoms with E-state index >= 15 is 0 Å². The number of nitriles is 1. The van der Waals surface area contributed by atoms with Gasteiger partial charge in [-0.15, -0.1) is 10.2 Å². The number of hydrogen-bond donors (Lipinski definition) is 0. The van der Waals surface area contributed by atoms with Crippen LogP contribution in [0.1, 0.15) is 52.0 Å². The van der Waals surface area contributed by atoms with Crippen molar-refractivity contribution in [3.8, 4) is 23.0 Å². The van der Waals surface area contributed by atoms with E-state index in [0.29, 0.717) is 28.3 Å². The van der Waals surface area contributed by atoms with Crippen LogP contribution < -0.4 is 4.90 Å². The van der Waals surface area contributed by atoms with Crippen LogP contribution in [0.25, 0.3) is 16.9 Å². The van der Waals surface area contributed by atoms with E-state index in [1.165, 1.54) is 5.56 Å². The smallest absolute Gasteiger partial charge is 0.338 e. The Morgan fingerprint density at radius 3 is 2.18 bits per heavy atom.